The molecule has 3 aromatic rings. The van der Waals surface area contributed by atoms with Crippen LogP contribution in [0, 0.1) is 0 Å². The molecule has 0 unspecified atom stereocenters. The summed E-state index contributed by atoms with van der Waals surface area (Å²) in [6.45, 7) is -2.41. The zero-order chi connectivity index (χ0) is 14.7. The van der Waals surface area contributed by atoms with Crippen LogP contribution in [0.5, 0.6) is 5.75 Å². The van der Waals surface area contributed by atoms with E-state index in [1.807, 2.05) is 18.2 Å². The molecule has 0 aliphatic rings. The molecule has 0 radical (unpaired) electrons. The van der Waals surface area contributed by atoms with Crippen molar-refractivity contribution in [3.05, 3.63) is 53.5 Å². The number of halogens is 2. The summed E-state index contributed by atoms with van der Waals surface area (Å²) in [6.07, 6.45) is 0. The molecular formula is C15H12F2N2OS. The van der Waals surface area contributed by atoms with Crippen molar-refractivity contribution in [3.63, 3.8) is 0 Å². The number of aromatic nitrogens is 1. The number of hydrogen-bond donors (Lipinski definition) is 1. The number of hydrogen-bond acceptors (Lipinski definition) is 4. The second kappa shape index (κ2) is 6.05. The standard InChI is InChI=1S/C15H12F2N2OS/c16-15(17)20-13-4-2-1-3-10(13)8-18-11-5-6-12-14(7-11)21-9-19-12/h1-7,9,15,18H,8H2. The molecule has 0 amide bonds. The predicted octanol–water partition coefficient (Wildman–Crippen LogP) is 4.51. The molecule has 2 aromatic carbocycles. The van der Waals surface area contributed by atoms with E-state index in [1.165, 1.54) is 6.07 Å². The van der Waals surface area contributed by atoms with Crippen LogP contribution in [-0.4, -0.2) is 11.6 Å². The summed E-state index contributed by atoms with van der Waals surface area (Å²) in [4.78, 5) is 4.21. The van der Waals surface area contributed by atoms with Crippen molar-refractivity contribution in [3.8, 4) is 5.75 Å². The molecule has 6 heteroatoms. The van der Waals surface area contributed by atoms with Crippen molar-refractivity contribution in [1.82, 2.24) is 4.98 Å². The van der Waals surface area contributed by atoms with Crippen LogP contribution >= 0.6 is 11.3 Å². The summed E-state index contributed by atoms with van der Waals surface area (Å²) >= 11 is 1.56. The first kappa shape index (κ1) is 13.8. The first-order valence-corrected chi connectivity index (χ1v) is 7.20. The first-order valence-electron chi connectivity index (χ1n) is 6.32. The van der Waals surface area contributed by atoms with Crippen LogP contribution < -0.4 is 10.1 Å². The maximum atomic E-state index is 12.4. The highest BCUT2D eigenvalue weighted by molar-refractivity contribution is 7.16. The van der Waals surface area contributed by atoms with Gasteiger partial charge in [-0.05, 0) is 24.3 Å². The number of rotatable bonds is 5. The zero-order valence-corrected chi connectivity index (χ0v) is 11.7. The van der Waals surface area contributed by atoms with E-state index in [2.05, 4.69) is 15.0 Å². The summed E-state index contributed by atoms with van der Waals surface area (Å²) in [7, 11) is 0. The maximum Gasteiger partial charge on any atom is 0.387 e. The monoisotopic (exact) mass is 306 g/mol. The van der Waals surface area contributed by atoms with Crippen molar-refractivity contribution in [2.45, 2.75) is 13.2 Å². The van der Waals surface area contributed by atoms with Gasteiger partial charge in [-0.3, -0.25) is 0 Å². The third-order valence-corrected chi connectivity index (χ3v) is 3.79. The van der Waals surface area contributed by atoms with Crippen molar-refractivity contribution in [2.24, 2.45) is 0 Å². The van der Waals surface area contributed by atoms with Gasteiger partial charge >= 0.3 is 6.61 Å². The lowest BCUT2D eigenvalue weighted by Crippen LogP contribution is -2.07. The quantitative estimate of drug-likeness (QED) is 0.753. The minimum absolute atomic E-state index is 0.193. The Balaban J connectivity index is 1.74. The van der Waals surface area contributed by atoms with Gasteiger partial charge in [-0.25, -0.2) is 4.98 Å². The fraction of sp³-hybridized carbons (Fsp3) is 0.133. The molecule has 3 rings (SSSR count). The second-order valence-corrected chi connectivity index (χ2v) is 5.26. The number of ether oxygens (including phenoxy) is 1. The summed E-state index contributed by atoms with van der Waals surface area (Å²) in [5.74, 6) is 0.193. The topological polar surface area (TPSA) is 34.1 Å². The SMILES string of the molecule is FC(F)Oc1ccccc1CNc1ccc2ncsc2c1. The van der Waals surface area contributed by atoms with Gasteiger partial charge in [-0.15, -0.1) is 11.3 Å². The molecule has 3 nitrogen and oxygen atoms in total. The summed E-state index contributed by atoms with van der Waals surface area (Å²) in [6, 6.07) is 12.6. The van der Waals surface area contributed by atoms with E-state index in [0.29, 0.717) is 12.1 Å². The maximum absolute atomic E-state index is 12.4. The van der Waals surface area contributed by atoms with Crippen LogP contribution in [0.1, 0.15) is 5.56 Å². The lowest BCUT2D eigenvalue weighted by Gasteiger charge is -2.12. The average molecular weight is 306 g/mol. The number of nitrogens with zero attached hydrogens (tertiary/aromatic N) is 1. The van der Waals surface area contributed by atoms with Gasteiger partial charge in [0.1, 0.15) is 5.75 Å². The second-order valence-electron chi connectivity index (χ2n) is 4.37. The van der Waals surface area contributed by atoms with Gasteiger partial charge in [0.2, 0.25) is 0 Å². The van der Waals surface area contributed by atoms with Gasteiger partial charge < -0.3 is 10.1 Å². The highest BCUT2D eigenvalue weighted by Gasteiger charge is 2.09. The van der Waals surface area contributed by atoms with Crippen molar-refractivity contribution in [2.75, 3.05) is 5.32 Å². The van der Waals surface area contributed by atoms with Gasteiger partial charge in [0.25, 0.3) is 0 Å². The molecule has 0 atom stereocenters. The number of para-hydroxylation sites is 1. The molecule has 1 N–H and O–H groups in total. The van der Waals surface area contributed by atoms with Gasteiger partial charge in [0, 0.05) is 17.8 Å². The van der Waals surface area contributed by atoms with Gasteiger partial charge in [0.15, 0.2) is 0 Å². The molecule has 0 bridgehead atoms. The van der Waals surface area contributed by atoms with Gasteiger partial charge in [-0.1, -0.05) is 18.2 Å². The lowest BCUT2D eigenvalue weighted by molar-refractivity contribution is -0.0504. The number of anilines is 1. The zero-order valence-electron chi connectivity index (χ0n) is 10.9. The Hall–Kier alpha value is -2.21. The Morgan fingerprint density at radius 2 is 2.05 bits per heavy atom. The number of alkyl halides is 2. The average Bonchev–Trinajstić information content (AvgIpc) is 2.93. The largest absolute Gasteiger partial charge is 0.434 e. The van der Waals surface area contributed by atoms with Crippen molar-refractivity contribution < 1.29 is 13.5 Å². The molecule has 0 saturated carbocycles. The highest BCUT2D eigenvalue weighted by Crippen LogP contribution is 2.24. The van der Waals surface area contributed by atoms with Crippen molar-refractivity contribution in [1.29, 1.82) is 0 Å². The van der Waals surface area contributed by atoms with Gasteiger partial charge in [-0.2, -0.15) is 8.78 Å². The molecular weight excluding hydrogens is 294 g/mol. The molecule has 0 aliphatic carbocycles. The number of benzene rings is 2. The molecule has 0 aliphatic heterocycles. The normalized spacial score (nSPS) is 11.0. The van der Waals surface area contributed by atoms with Crippen LogP contribution in [0.2, 0.25) is 0 Å². The van der Waals surface area contributed by atoms with E-state index >= 15 is 0 Å². The van der Waals surface area contributed by atoms with Crippen LogP contribution in [0.15, 0.2) is 48.0 Å². The predicted molar refractivity (Wildman–Crippen MR) is 80.0 cm³/mol. The van der Waals surface area contributed by atoms with E-state index in [0.717, 1.165) is 15.9 Å². The van der Waals surface area contributed by atoms with Crippen LogP contribution in [0.3, 0.4) is 0 Å². The number of fused-ring (bicyclic) bond motifs is 1. The summed E-state index contributed by atoms with van der Waals surface area (Å²) < 4.78 is 30.3. The highest BCUT2D eigenvalue weighted by atomic mass is 32.1. The molecule has 1 heterocycles. The first-order chi connectivity index (χ1) is 10.2. The minimum Gasteiger partial charge on any atom is -0.434 e. The summed E-state index contributed by atoms with van der Waals surface area (Å²) in [5.41, 5.74) is 4.34. The smallest absolute Gasteiger partial charge is 0.387 e. The van der Waals surface area contributed by atoms with E-state index in [4.69, 9.17) is 0 Å². The Kier molecular flexibility index (Phi) is 3.96. The van der Waals surface area contributed by atoms with Crippen LogP contribution in [0.25, 0.3) is 10.2 Å². The molecule has 108 valence electrons. The fourth-order valence-corrected chi connectivity index (χ4v) is 2.74. The minimum atomic E-state index is -2.82. The molecule has 21 heavy (non-hydrogen) atoms. The summed E-state index contributed by atoms with van der Waals surface area (Å²) in [5, 5.41) is 3.21. The van der Waals surface area contributed by atoms with E-state index in [-0.39, 0.29) is 5.75 Å². The number of nitrogens with one attached hydrogen (secondary N) is 1. The Morgan fingerprint density at radius 3 is 2.90 bits per heavy atom. The van der Waals surface area contributed by atoms with Crippen molar-refractivity contribution >= 4 is 27.2 Å². The van der Waals surface area contributed by atoms with E-state index < -0.39 is 6.61 Å². The third-order valence-electron chi connectivity index (χ3n) is 3.00. The molecule has 0 spiro atoms. The third kappa shape index (κ3) is 3.28. The van der Waals surface area contributed by atoms with Crippen LogP contribution in [0.4, 0.5) is 14.5 Å². The Bertz CT molecular complexity index is 745. The fourth-order valence-electron chi connectivity index (χ4n) is 2.02. The lowest BCUT2D eigenvalue weighted by atomic mass is 10.2. The van der Waals surface area contributed by atoms with E-state index in [1.54, 1.807) is 35.0 Å². The Labute approximate surface area is 124 Å². The number of thiazole rings is 1. The van der Waals surface area contributed by atoms with Gasteiger partial charge in [0.05, 0.1) is 15.7 Å². The van der Waals surface area contributed by atoms with Crippen LogP contribution in [-0.2, 0) is 6.54 Å². The molecule has 0 saturated heterocycles. The Morgan fingerprint density at radius 1 is 1.19 bits per heavy atom. The molecule has 1 aromatic heterocycles. The molecule has 0 fully saturated rings. The van der Waals surface area contributed by atoms with E-state index in [9.17, 15) is 8.78 Å².